The molecule has 0 unspecified atom stereocenters. The molecule has 7 aromatic rings. The Bertz CT molecular complexity index is 2200. The third-order valence-electron chi connectivity index (χ3n) is 7.42. The van der Waals surface area contributed by atoms with Gasteiger partial charge in [0.15, 0.2) is 9.84 Å². The Labute approximate surface area is 257 Å². The van der Waals surface area contributed by atoms with E-state index < -0.39 is 9.84 Å². The van der Waals surface area contributed by atoms with E-state index in [9.17, 15) is 8.42 Å². The van der Waals surface area contributed by atoms with Crippen molar-refractivity contribution in [2.24, 2.45) is 0 Å². The second-order valence-corrected chi connectivity index (χ2v) is 11.9. The Morgan fingerprint density at radius 3 is 2.24 bits per heavy atom. The van der Waals surface area contributed by atoms with E-state index in [1.807, 2.05) is 74.5 Å². The number of aromatic nitrogens is 3. The van der Waals surface area contributed by atoms with Gasteiger partial charge in [-0.2, -0.15) is 0 Å². The summed E-state index contributed by atoms with van der Waals surface area (Å²) in [5.41, 5.74) is 5.08. The molecule has 3 aromatic heterocycles. The first-order valence-corrected chi connectivity index (χ1v) is 14.7. The van der Waals surface area contributed by atoms with E-state index in [0.29, 0.717) is 21.5 Å². The smallest absolute Gasteiger partial charge is 0.172 e. The van der Waals surface area contributed by atoms with Gasteiger partial charge in [0, 0.05) is 49.3 Å². The van der Waals surface area contributed by atoms with Gasteiger partial charge >= 0.3 is 0 Å². The van der Waals surface area contributed by atoms with Crippen molar-refractivity contribution in [3.05, 3.63) is 127 Å². The molecule has 0 aliphatic carbocycles. The molecule has 207 valence electrons. The van der Waals surface area contributed by atoms with Crippen LogP contribution in [0.5, 0.6) is 0 Å². The number of fused-ring (bicyclic) bond motifs is 6. The maximum Gasteiger partial charge on any atom is 0.172 e. The zero-order valence-electron chi connectivity index (χ0n) is 22.7. The summed E-state index contributed by atoms with van der Waals surface area (Å²) in [5.74, 6) is 0. The van der Waals surface area contributed by atoms with Crippen LogP contribution in [-0.2, 0) is 29.9 Å². The summed E-state index contributed by atoms with van der Waals surface area (Å²) in [6.07, 6.45) is 3.53. The van der Waals surface area contributed by atoms with Crippen molar-refractivity contribution in [3.8, 4) is 22.5 Å². The van der Waals surface area contributed by atoms with Crippen LogP contribution in [0.2, 0.25) is 0 Å². The molecule has 4 aromatic carbocycles. The van der Waals surface area contributed by atoms with Gasteiger partial charge in [-0.25, -0.2) is 8.42 Å². The van der Waals surface area contributed by atoms with E-state index in [0.717, 1.165) is 49.6 Å². The fraction of sp³-hybridized carbons (Fsp3) is 0.0571. The van der Waals surface area contributed by atoms with Crippen LogP contribution in [-0.4, -0.2) is 23.4 Å². The molecule has 1 radical (unpaired) electrons. The number of hydrogen-bond acceptors (Lipinski definition) is 5. The van der Waals surface area contributed by atoms with Crippen LogP contribution >= 0.6 is 0 Å². The van der Waals surface area contributed by atoms with E-state index in [1.54, 1.807) is 30.6 Å². The summed E-state index contributed by atoms with van der Waals surface area (Å²) in [6.45, 7) is 3.94. The maximum absolute atomic E-state index is 13.5. The molecule has 0 fully saturated rings. The number of rotatable bonds is 1. The van der Waals surface area contributed by atoms with Crippen LogP contribution in [0, 0.1) is 26.0 Å². The third kappa shape index (κ3) is 4.51. The standard InChI is InChI=1S/C24H15N2O2S.C11H8N.Ir/c1-13-11-19-15(14(2)26-13)7-8-16-17-9-10-25-24-18-5-3-4-6-21(18)29(27,28)22(23(17)24)12-20(16)19;1-2-6-10(7-3-1)11-8-4-5-9-12-11;/h3-4,6-12H,1-2H3;1-6,8-9H;/q2*-1;. The van der Waals surface area contributed by atoms with Crippen LogP contribution in [0.15, 0.2) is 113 Å². The van der Waals surface area contributed by atoms with Crippen molar-refractivity contribution >= 4 is 42.2 Å². The predicted molar refractivity (Wildman–Crippen MR) is 162 cm³/mol. The minimum Gasteiger partial charge on any atom is -0.305 e. The molecule has 0 spiro atoms. The summed E-state index contributed by atoms with van der Waals surface area (Å²) in [7, 11) is -3.67. The van der Waals surface area contributed by atoms with Crippen LogP contribution in [0.1, 0.15) is 11.4 Å². The third-order valence-corrected chi connectivity index (χ3v) is 9.24. The first-order valence-electron chi connectivity index (χ1n) is 13.2. The van der Waals surface area contributed by atoms with Crippen molar-refractivity contribution in [1.82, 2.24) is 15.0 Å². The quantitative estimate of drug-likeness (QED) is 0.127. The number of hydrogen-bond donors (Lipinski definition) is 0. The second-order valence-electron chi connectivity index (χ2n) is 9.97. The van der Waals surface area contributed by atoms with Crippen LogP contribution < -0.4 is 0 Å². The number of sulfone groups is 1. The Morgan fingerprint density at radius 2 is 1.45 bits per heavy atom. The molecule has 5 nitrogen and oxygen atoms in total. The fourth-order valence-electron chi connectivity index (χ4n) is 5.63. The normalized spacial score (nSPS) is 12.7. The van der Waals surface area contributed by atoms with E-state index in [1.165, 1.54) is 0 Å². The van der Waals surface area contributed by atoms with Gasteiger partial charge in [-0.15, -0.1) is 65.7 Å². The summed E-state index contributed by atoms with van der Waals surface area (Å²) < 4.78 is 27.1. The number of benzene rings is 4. The first-order chi connectivity index (χ1) is 19.9. The molecule has 0 saturated heterocycles. The van der Waals surface area contributed by atoms with E-state index in [4.69, 9.17) is 0 Å². The minimum atomic E-state index is -3.67. The van der Waals surface area contributed by atoms with Gasteiger partial charge in [0.2, 0.25) is 0 Å². The van der Waals surface area contributed by atoms with E-state index in [-0.39, 0.29) is 25.0 Å². The number of nitrogens with zero attached hydrogens (tertiary/aromatic N) is 3. The summed E-state index contributed by atoms with van der Waals surface area (Å²) in [6, 6.07) is 34.8. The van der Waals surface area contributed by atoms with Gasteiger partial charge in [0.05, 0.1) is 4.90 Å². The Hall–Kier alpha value is -4.29. The average Bonchev–Trinajstić information content (AvgIpc) is 3.01. The van der Waals surface area contributed by atoms with Gasteiger partial charge in [-0.05, 0) is 81.3 Å². The summed E-state index contributed by atoms with van der Waals surface area (Å²) in [5, 5.41) is 5.55. The second kappa shape index (κ2) is 10.8. The molecule has 1 aliphatic rings. The molecular weight excluding hydrogens is 719 g/mol. The van der Waals surface area contributed by atoms with Gasteiger partial charge in [0.25, 0.3) is 0 Å². The van der Waals surface area contributed by atoms with Crippen molar-refractivity contribution in [1.29, 1.82) is 0 Å². The van der Waals surface area contributed by atoms with E-state index in [2.05, 4.69) is 39.2 Å². The van der Waals surface area contributed by atoms with Crippen molar-refractivity contribution in [2.45, 2.75) is 23.6 Å². The molecule has 0 bridgehead atoms. The minimum absolute atomic E-state index is 0. The Balaban J connectivity index is 0.000000205. The summed E-state index contributed by atoms with van der Waals surface area (Å²) >= 11 is 0. The SMILES string of the molecule is Cc1cc2c(ccc3c4ccnc5c4c(cc23)S(=O)(=O)c2ccc[c-]c2-5)c(C)n1.[Ir].[c-]1ccccc1-c1ccccn1. The molecule has 0 saturated carbocycles. The molecule has 4 heterocycles. The van der Waals surface area contributed by atoms with Crippen molar-refractivity contribution in [2.75, 3.05) is 0 Å². The zero-order valence-corrected chi connectivity index (χ0v) is 25.9. The zero-order chi connectivity index (χ0) is 28.1. The largest absolute Gasteiger partial charge is 0.305 e. The predicted octanol–water partition coefficient (Wildman–Crippen LogP) is 7.71. The monoisotopic (exact) mass is 742 g/mol. The van der Waals surface area contributed by atoms with Gasteiger partial charge in [-0.1, -0.05) is 24.3 Å². The average molecular weight is 742 g/mol. The molecule has 0 amide bonds. The maximum atomic E-state index is 13.5. The number of aryl methyl sites for hydroxylation is 2. The van der Waals surface area contributed by atoms with Gasteiger partial charge < -0.3 is 9.97 Å². The Morgan fingerprint density at radius 1 is 0.667 bits per heavy atom. The van der Waals surface area contributed by atoms with Gasteiger partial charge in [-0.3, -0.25) is 4.98 Å². The fourth-order valence-corrected chi connectivity index (χ4v) is 7.30. The van der Waals surface area contributed by atoms with Crippen LogP contribution in [0.25, 0.3) is 54.8 Å². The van der Waals surface area contributed by atoms with Crippen LogP contribution in [0.3, 0.4) is 0 Å². The van der Waals surface area contributed by atoms with E-state index >= 15 is 0 Å². The molecule has 0 N–H and O–H groups in total. The first kappa shape index (κ1) is 27.9. The number of pyridine rings is 3. The molecular formula is C35H23IrN3O2S-2. The molecule has 42 heavy (non-hydrogen) atoms. The van der Waals surface area contributed by atoms with Crippen molar-refractivity contribution < 1.29 is 28.5 Å². The molecule has 7 heteroatoms. The molecule has 8 rings (SSSR count). The van der Waals surface area contributed by atoms with Crippen LogP contribution in [0.4, 0.5) is 0 Å². The van der Waals surface area contributed by atoms with Gasteiger partial charge in [0.1, 0.15) is 0 Å². The molecule has 0 atom stereocenters. The summed E-state index contributed by atoms with van der Waals surface area (Å²) in [4.78, 5) is 13.9. The molecule has 1 aliphatic heterocycles. The van der Waals surface area contributed by atoms with Crippen molar-refractivity contribution in [3.63, 3.8) is 0 Å². The Kier molecular flexibility index (Phi) is 7.19. The topological polar surface area (TPSA) is 72.8 Å².